The van der Waals surface area contributed by atoms with Crippen molar-refractivity contribution in [2.75, 3.05) is 31.5 Å². The van der Waals surface area contributed by atoms with Crippen LogP contribution in [0.3, 0.4) is 0 Å². The third-order valence-electron chi connectivity index (χ3n) is 3.06. The molecule has 0 saturated heterocycles. The Labute approximate surface area is 136 Å². The first-order chi connectivity index (χ1) is 11.3. The minimum Gasteiger partial charge on any atom is -0.379 e. The van der Waals surface area contributed by atoms with E-state index in [4.69, 9.17) is 0 Å². The van der Waals surface area contributed by atoms with Gasteiger partial charge in [0.1, 0.15) is 5.69 Å². The van der Waals surface area contributed by atoms with Gasteiger partial charge in [0.05, 0.1) is 10.5 Å². The van der Waals surface area contributed by atoms with Gasteiger partial charge in [0.15, 0.2) is 0 Å². The van der Waals surface area contributed by atoms with E-state index in [9.17, 15) is 28.1 Å². The van der Waals surface area contributed by atoms with Crippen molar-refractivity contribution in [1.29, 1.82) is 0 Å². The Morgan fingerprint density at radius 2 is 1.96 bits per heavy atom. The number of hydrogen-bond acceptors (Lipinski definition) is 5. The zero-order valence-corrected chi connectivity index (χ0v) is 13.1. The number of amides is 1. The van der Waals surface area contributed by atoms with Gasteiger partial charge in [0.2, 0.25) is 5.91 Å². The second-order valence-electron chi connectivity index (χ2n) is 4.87. The number of anilines is 1. The smallest absolute Gasteiger partial charge is 0.379 e. The first-order valence-electron chi connectivity index (χ1n) is 7.32. The van der Waals surface area contributed by atoms with Gasteiger partial charge in [-0.15, -0.1) is 0 Å². The van der Waals surface area contributed by atoms with Gasteiger partial charge in [-0.3, -0.25) is 14.9 Å². The summed E-state index contributed by atoms with van der Waals surface area (Å²) >= 11 is 0. The van der Waals surface area contributed by atoms with Crippen molar-refractivity contribution < 1.29 is 22.9 Å². The average molecular weight is 348 g/mol. The number of rotatable bonds is 9. The molecule has 0 unspecified atom stereocenters. The lowest BCUT2D eigenvalue weighted by molar-refractivity contribution is -0.384. The Hall–Kier alpha value is -2.36. The van der Waals surface area contributed by atoms with Crippen LogP contribution in [0.1, 0.15) is 18.9 Å². The normalized spacial score (nSPS) is 11.2. The van der Waals surface area contributed by atoms with E-state index in [0.717, 1.165) is 18.7 Å². The molecule has 0 spiro atoms. The summed E-state index contributed by atoms with van der Waals surface area (Å²) in [4.78, 5) is 21.6. The molecule has 0 heterocycles. The Bertz CT molecular complexity index is 579. The molecule has 0 saturated carbocycles. The second kappa shape index (κ2) is 9.06. The quantitative estimate of drug-likeness (QED) is 0.361. The molecule has 10 heteroatoms. The minimum atomic E-state index is -4.66. The molecule has 0 bridgehead atoms. The SMILES string of the molecule is CCNCCNC(=O)CCNc1ccc(C(F)(F)F)cc1[N+](=O)[O-]. The van der Waals surface area contributed by atoms with Crippen LogP contribution in [0.2, 0.25) is 0 Å². The first kappa shape index (κ1) is 19.7. The van der Waals surface area contributed by atoms with E-state index in [1.54, 1.807) is 0 Å². The van der Waals surface area contributed by atoms with Gasteiger partial charge in [-0.2, -0.15) is 13.2 Å². The molecule has 24 heavy (non-hydrogen) atoms. The van der Waals surface area contributed by atoms with Crippen LogP contribution in [0.15, 0.2) is 18.2 Å². The molecule has 3 N–H and O–H groups in total. The Morgan fingerprint density at radius 1 is 1.25 bits per heavy atom. The lowest BCUT2D eigenvalue weighted by atomic mass is 10.1. The van der Waals surface area contributed by atoms with Gasteiger partial charge in [0, 0.05) is 32.1 Å². The summed E-state index contributed by atoms with van der Waals surface area (Å²) in [6, 6.07) is 2.22. The summed E-state index contributed by atoms with van der Waals surface area (Å²) in [5.41, 5.74) is -1.84. The number of alkyl halides is 3. The van der Waals surface area contributed by atoms with Crippen LogP contribution in [0, 0.1) is 10.1 Å². The molecule has 0 aliphatic carbocycles. The molecule has 0 radical (unpaired) electrons. The first-order valence-corrected chi connectivity index (χ1v) is 7.32. The number of halogens is 3. The Balaban J connectivity index is 2.58. The van der Waals surface area contributed by atoms with E-state index in [0.29, 0.717) is 19.2 Å². The van der Waals surface area contributed by atoms with E-state index < -0.39 is 22.4 Å². The molecule has 0 aliphatic heterocycles. The van der Waals surface area contributed by atoms with Gasteiger partial charge in [-0.1, -0.05) is 6.92 Å². The van der Waals surface area contributed by atoms with Crippen LogP contribution < -0.4 is 16.0 Å². The molecule has 1 amide bonds. The molecule has 0 atom stereocenters. The van der Waals surface area contributed by atoms with Gasteiger partial charge in [0.25, 0.3) is 5.69 Å². The fourth-order valence-corrected chi connectivity index (χ4v) is 1.87. The number of hydrogen-bond donors (Lipinski definition) is 3. The summed E-state index contributed by atoms with van der Waals surface area (Å²) in [6.45, 7) is 3.87. The number of likely N-dealkylation sites (N-methyl/N-ethyl adjacent to an activating group) is 1. The number of carbonyl (C=O) groups excluding carboxylic acids is 1. The zero-order valence-electron chi connectivity index (χ0n) is 13.1. The van der Waals surface area contributed by atoms with Crippen LogP contribution in [0.25, 0.3) is 0 Å². The lowest BCUT2D eigenvalue weighted by Crippen LogP contribution is -2.32. The van der Waals surface area contributed by atoms with Crippen molar-refractivity contribution in [2.45, 2.75) is 19.5 Å². The van der Waals surface area contributed by atoms with Crippen LogP contribution in [0.4, 0.5) is 24.5 Å². The van der Waals surface area contributed by atoms with E-state index in [1.165, 1.54) is 0 Å². The maximum atomic E-state index is 12.6. The topological polar surface area (TPSA) is 96.3 Å². The summed E-state index contributed by atoms with van der Waals surface area (Å²) in [6.07, 6.45) is -4.61. The predicted octanol–water partition coefficient (Wildman–Crippen LogP) is 2.14. The van der Waals surface area contributed by atoms with Crippen molar-refractivity contribution in [3.8, 4) is 0 Å². The predicted molar refractivity (Wildman–Crippen MR) is 82.8 cm³/mol. The van der Waals surface area contributed by atoms with Crippen LogP contribution in [0.5, 0.6) is 0 Å². The van der Waals surface area contributed by atoms with Crippen molar-refractivity contribution in [1.82, 2.24) is 10.6 Å². The molecule has 1 aromatic rings. The van der Waals surface area contributed by atoms with E-state index in [1.807, 2.05) is 6.92 Å². The Morgan fingerprint density at radius 3 is 2.54 bits per heavy atom. The molecular formula is C14H19F3N4O3. The van der Waals surface area contributed by atoms with E-state index in [2.05, 4.69) is 16.0 Å². The third-order valence-corrected chi connectivity index (χ3v) is 3.06. The van der Waals surface area contributed by atoms with Gasteiger partial charge in [-0.05, 0) is 18.7 Å². The molecule has 1 aromatic carbocycles. The number of benzene rings is 1. The molecule has 1 rings (SSSR count). The number of nitro groups is 1. The molecule has 134 valence electrons. The largest absolute Gasteiger partial charge is 0.416 e. The number of nitrogens with one attached hydrogen (secondary N) is 3. The van der Waals surface area contributed by atoms with Gasteiger partial charge < -0.3 is 16.0 Å². The highest BCUT2D eigenvalue weighted by atomic mass is 19.4. The number of nitrogens with zero attached hydrogens (tertiary/aromatic N) is 1. The number of nitro benzene ring substituents is 1. The van der Waals surface area contributed by atoms with Crippen LogP contribution in [-0.2, 0) is 11.0 Å². The fraction of sp³-hybridized carbons (Fsp3) is 0.500. The maximum Gasteiger partial charge on any atom is 0.416 e. The standard InChI is InChI=1S/C14H19F3N4O3/c1-2-18-7-8-20-13(22)5-6-19-11-4-3-10(14(15,16)17)9-12(11)21(23)24/h3-4,9,18-19H,2,5-8H2,1H3,(H,20,22). The highest BCUT2D eigenvalue weighted by Gasteiger charge is 2.32. The lowest BCUT2D eigenvalue weighted by Gasteiger charge is -2.11. The molecule has 0 aliphatic rings. The van der Waals surface area contributed by atoms with Crippen LogP contribution >= 0.6 is 0 Å². The van der Waals surface area contributed by atoms with E-state index in [-0.39, 0.29) is 24.6 Å². The molecule has 0 aromatic heterocycles. The highest BCUT2D eigenvalue weighted by molar-refractivity contribution is 5.76. The molecule has 7 nitrogen and oxygen atoms in total. The monoisotopic (exact) mass is 348 g/mol. The summed E-state index contributed by atoms with van der Waals surface area (Å²) in [5.74, 6) is -0.255. The zero-order chi connectivity index (χ0) is 18.2. The van der Waals surface area contributed by atoms with E-state index >= 15 is 0 Å². The highest BCUT2D eigenvalue weighted by Crippen LogP contribution is 2.34. The number of carbonyl (C=O) groups is 1. The van der Waals surface area contributed by atoms with Crippen molar-refractivity contribution in [3.63, 3.8) is 0 Å². The fourth-order valence-electron chi connectivity index (χ4n) is 1.87. The molecular weight excluding hydrogens is 329 g/mol. The third kappa shape index (κ3) is 6.41. The van der Waals surface area contributed by atoms with Crippen molar-refractivity contribution in [3.05, 3.63) is 33.9 Å². The molecule has 0 fully saturated rings. The summed E-state index contributed by atoms with van der Waals surface area (Å²) in [7, 11) is 0. The average Bonchev–Trinajstić information content (AvgIpc) is 2.50. The van der Waals surface area contributed by atoms with Crippen molar-refractivity contribution >= 4 is 17.3 Å². The van der Waals surface area contributed by atoms with Crippen molar-refractivity contribution in [2.24, 2.45) is 0 Å². The minimum absolute atomic E-state index is 0.0459. The summed E-state index contributed by atoms with van der Waals surface area (Å²) in [5, 5.41) is 19.2. The maximum absolute atomic E-state index is 12.6. The van der Waals surface area contributed by atoms with Crippen LogP contribution in [-0.4, -0.2) is 37.0 Å². The Kier molecular flexibility index (Phi) is 7.43. The second-order valence-corrected chi connectivity index (χ2v) is 4.87. The van der Waals surface area contributed by atoms with Gasteiger partial charge in [-0.25, -0.2) is 0 Å². The van der Waals surface area contributed by atoms with Gasteiger partial charge >= 0.3 is 6.18 Å². The summed E-state index contributed by atoms with van der Waals surface area (Å²) < 4.78 is 37.8.